The van der Waals surface area contributed by atoms with Crippen LogP contribution in [0.3, 0.4) is 0 Å². The first-order chi connectivity index (χ1) is 16.5. The highest BCUT2D eigenvalue weighted by atomic mass is 32.2. The molecule has 1 amide bonds. The van der Waals surface area contributed by atoms with Gasteiger partial charge in [0.2, 0.25) is 5.91 Å². The number of ether oxygens (including phenoxy) is 1. The first kappa shape index (κ1) is 24.8. The van der Waals surface area contributed by atoms with Gasteiger partial charge in [-0.05, 0) is 66.8 Å². The standard InChI is InChI=1S/C26H24F3NO4S/c1-2-35(32,33)24-9-4-16(13-25(30)31)12-19(24)17-5-8-23(22(29)14-17)34-26(10-3-11-26)20-7-6-18(27)15-21(20)28/h4-9,12,14-15H,2-3,10-11,13H2,1H3,(H2,30,31). The average Bonchev–Trinajstić information content (AvgIpc) is 2.77. The third kappa shape index (κ3) is 4.91. The van der Waals surface area contributed by atoms with Crippen molar-refractivity contribution in [1.29, 1.82) is 0 Å². The van der Waals surface area contributed by atoms with Gasteiger partial charge in [-0.2, -0.15) is 0 Å². The maximum Gasteiger partial charge on any atom is 0.221 e. The van der Waals surface area contributed by atoms with Gasteiger partial charge in [-0.25, -0.2) is 21.6 Å². The molecule has 9 heteroatoms. The molecule has 3 aromatic carbocycles. The Labute approximate surface area is 201 Å². The minimum Gasteiger partial charge on any atom is -0.479 e. The zero-order chi connectivity index (χ0) is 25.4. The van der Waals surface area contributed by atoms with Gasteiger partial charge in [0.15, 0.2) is 21.4 Å². The largest absolute Gasteiger partial charge is 0.479 e. The van der Waals surface area contributed by atoms with E-state index in [1.807, 2.05) is 0 Å². The monoisotopic (exact) mass is 503 g/mol. The van der Waals surface area contributed by atoms with Crippen LogP contribution in [0.15, 0.2) is 59.5 Å². The summed E-state index contributed by atoms with van der Waals surface area (Å²) in [5, 5.41) is 0. The molecule has 0 saturated heterocycles. The van der Waals surface area contributed by atoms with Crippen LogP contribution in [-0.4, -0.2) is 20.1 Å². The van der Waals surface area contributed by atoms with Crippen LogP contribution in [-0.2, 0) is 26.7 Å². The molecule has 3 aromatic rings. The summed E-state index contributed by atoms with van der Waals surface area (Å²) in [7, 11) is -3.66. The normalized spacial score (nSPS) is 14.9. The number of nitrogens with two attached hydrogens (primary N) is 1. The lowest BCUT2D eigenvalue weighted by atomic mass is 9.74. The summed E-state index contributed by atoms with van der Waals surface area (Å²) in [6, 6.07) is 11.6. The molecule has 0 heterocycles. The highest BCUT2D eigenvalue weighted by Gasteiger charge is 2.43. The van der Waals surface area contributed by atoms with Crippen molar-refractivity contribution < 1.29 is 31.1 Å². The molecule has 2 N–H and O–H groups in total. The third-order valence-electron chi connectivity index (χ3n) is 6.27. The second-order valence-corrected chi connectivity index (χ2v) is 10.8. The minimum atomic E-state index is -3.66. The number of sulfone groups is 1. The lowest BCUT2D eigenvalue weighted by molar-refractivity contribution is -0.117. The Kier molecular flexibility index (Phi) is 6.64. The highest BCUT2D eigenvalue weighted by molar-refractivity contribution is 7.91. The van der Waals surface area contributed by atoms with Crippen molar-refractivity contribution in [3.05, 3.63) is 83.2 Å². The summed E-state index contributed by atoms with van der Waals surface area (Å²) in [6.45, 7) is 1.50. The van der Waals surface area contributed by atoms with Gasteiger partial charge in [0.05, 0.1) is 17.1 Å². The van der Waals surface area contributed by atoms with Crippen LogP contribution < -0.4 is 10.5 Å². The van der Waals surface area contributed by atoms with Gasteiger partial charge in [-0.3, -0.25) is 4.79 Å². The summed E-state index contributed by atoms with van der Waals surface area (Å²) in [4.78, 5) is 11.4. The molecule has 0 aliphatic heterocycles. The molecule has 1 saturated carbocycles. The maximum absolute atomic E-state index is 15.2. The minimum absolute atomic E-state index is 0.00475. The predicted octanol–water partition coefficient (Wildman–Crippen LogP) is 5.05. The molecule has 1 aliphatic carbocycles. The number of benzene rings is 3. The van der Waals surface area contributed by atoms with Crippen LogP contribution in [0.1, 0.15) is 37.3 Å². The highest BCUT2D eigenvalue weighted by Crippen LogP contribution is 2.47. The Hall–Kier alpha value is -3.33. The fourth-order valence-corrected chi connectivity index (χ4v) is 5.38. The number of amides is 1. The molecule has 35 heavy (non-hydrogen) atoms. The van der Waals surface area contributed by atoms with E-state index < -0.39 is 38.8 Å². The zero-order valence-electron chi connectivity index (χ0n) is 19.0. The lowest BCUT2D eigenvalue weighted by Crippen LogP contribution is -2.41. The fourth-order valence-electron chi connectivity index (χ4n) is 4.29. The molecule has 1 fully saturated rings. The second kappa shape index (κ2) is 9.37. The van der Waals surface area contributed by atoms with Crippen LogP contribution in [0, 0.1) is 17.5 Å². The van der Waals surface area contributed by atoms with Gasteiger partial charge in [0.1, 0.15) is 17.2 Å². The average molecular weight is 504 g/mol. The topological polar surface area (TPSA) is 86.5 Å². The zero-order valence-corrected chi connectivity index (χ0v) is 19.8. The van der Waals surface area contributed by atoms with E-state index in [1.54, 1.807) is 0 Å². The Bertz CT molecular complexity index is 1400. The van der Waals surface area contributed by atoms with Crippen molar-refractivity contribution in [3.63, 3.8) is 0 Å². The second-order valence-electron chi connectivity index (χ2n) is 8.60. The van der Waals surface area contributed by atoms with Crippen LogP contribution in [0.25, 0.3) is 11.1 Å². The molecule has 184 valence electrons. The third-order valence-corrected chi connectivity index (χ3v) is 8.06. The summed E-state index contributed by atoms with van der Waals surface area (Å²) in [6.07, 6.45) is 1.51. The molecular formula is C26H24F3NO4S. The molecule has 4 rings (SSSR count). The first-order valence-corrected chi connectivity index (χ1v) is 12.8. The van der Waals surface area contributed by atoms with Gasteiger partial charge >= 0.3 is 0 Å². The smallest absolute Gasteiger partial charge is 0.221 e. The van der Waals surface area contributed by atoms with Crippen LogP contribution in [0.4, 0.5) is 13.2 Å². The number of hydrogen-bond acceptors (Lipinski definition) is 4. The van der Waals surface area contributed by atoms with E-state index in [2.05, 4.69) is 0 Å². The summed E-state index contributed by atoms with van der Waals surface area (Å²) in [5.74, 6) is -3.13. The van der Waals surface area contributed by atoms with Gasteiger partial charge < -0.3 is 10.5 Å². The van der Waals surface area contributed by atoms with E-state index in [0.29, 0.717) is 18.4 Å². The summed E-state index contributed by atoms with van der Waals surface area (Å²) >= 11 is 0. The van der Waals surface area contributed by atoms with E-state index in [4.69, 9.17) is 10.5 Å². The molecule has 0 radical (unpaired) electrons. The van der Waals surface area contributed by atoms with Crippen molar-refractivity contribution in [1.82, 2.24) is 0 Å². The van der Waals surface area contributed by atoms with Gasteiger partial charge in [-0.15, -0.1) is 0 Å². The van der Waals surface area contributed by atoms with E-state index >= 15 is 4.39 Å². The van der Waals surface area contributed by atoms with Crippen molar-refractivity contribution in [2.45, 2.75) is 43.1 Å². The Morgan fingerprint density at radius 3 is 2.31 bits per heavy atom. The summed E-state index contributed by atoms with van der Waals surface area (Å²) < 4.78 is 74.3. The molecule has 1 aliphatic rings. The lowest BCUT2D eigenvalue weighted by Gasteiger charge is -2.42. The van der Waals surface area contributed by atoms with E-state index in [0.717, 1.165) is 24.6 Å². The Morgan fingerprint density at radius 1 is 1.00 bits per heavy atom. The molecule has 0 atom stereocenters. The molecule has 0 aromatic heterocycles. The number of halogens is 3. The van der Waals surface area contributed by atoms with Crippen molar-refractivity contribution in [3.8, 4) is 16.9 Å². The number of rotatable bonds is 8. The number of carbonyl (C=O) groups excluding carboxylic acids is 1. The molecule has 5 nitrogen and oxygen atoms in total. The van der Waals surface area contributed by atoms with Crippen molar-refractivity contribution in [2.24, 2.45) is 5.73 Å². The molecule has 0 spiro atoms. The SMILES string of the molecule is CCS(=O)(=O)c1ccc(CC(N)=O)cc1-c1ccc(OC2(c3ccc(F)cc3F)CCC2)c(F)c1. The maximum atomic E-state index is 15.2. The molecule has 0 bridgehead atoms. The predicted molar refractivity (Wildman–Crippen MR) is 125 cm³/mol. The van der Waals surface area contributed by atoms with Crippen LogP contribution in [0.2, 0.25) is 0 Å². The van der Waals surface area contributed by atoms with Crippen molar-refractivity contribution >= 4 is 15.7 Å². The van der Waals surface area contributed by atoms with E-state index in [1.165, 1.54) is 43.3 Å². The van der Waals surface area contributed by atoms with Gasteiger partial charge in [0, 0.05) is 17.2 Å². The van der Waals surface area contributed by atoms with Crippen LogP contribution >= 0.6 is 0 Å². The number of carbonyl (C=O) groups is 1. The van der Waals surface area contributed by atoms with Gasteiger partial charge in [0.25, 0.3) is 0 Å². The van der Waals surface area contributed by atoms with E-state index in [9.17, 15) is 22.0 Å². The number of primary amides is 1. The number of hydrogen-bond donors (Lipinski definition) is 1. The Balaban J connectivity index is 1.73. The van der Waals surface area contributed by atoms with Crippen LogP contribution in [0.5, 0.6) is 5.75 Å². The fraction of sp³-hybridized carbons (Fsp3) is 0.269. The quantitative estimate of drug-likeness (QED) is 0.466. The summed E-state index contributed by atoms with van der Waals surface area (Å²) in [5.41, 5.74) is 5.31. The first-order valence-electron chi connectivity index (χ1n) is 11.1. The molecule has 0 unspecified atom stereocenters. The van der Waals surface area contributed by atoms with Gasteiger partial charge in [-0.1, -0.05) is 19.1 Å². The van der Waals surface area contributed by atoms with Crippen molar-refractivity contribution in [2.75, 3.05) is 5.75 Å². The Morgan fingerprint density at radius 2 is 1.74 bits per heavy atom. The van der Waals surface area contributed by atoms with E-state index in [-0.39, 0.29) is 39.5 Å². The molecular weight excluding hydrogens is 479 g/mol.